The average molecular weight is 458 g/mol. The average Bonchev–Trinajstić information content (AvgIpc) is 3.23. The number of ether oxygens (including phenoxy) is 2. The monoisotopic (exact) mass is 457 g/mol. The van der Waals surface area contributed by atoms with Crippen molar-refractivity contribution in [3.8, 4) is 11.5 Å². The summed E-state index contributed by atoms with van der Waals surface area (Å²) < 4.78 is 27.9. The molecule has 0 bridgehead atoms. The molecule has 0 aliphatic rings. The summed E-state index contributed by atoms with van der Waals surface area (Å²) in [6.07, 6.45) is 5.04. The van der Waals surface area contributed by atoms with Gasteiger partial charge in [-0.15, -0.1) is 5.10 Å². The van der Waals surface area contributed by atoms with E-state index in [-0.39, 0.29) is 5.82 Å². The van der Waals surface area contributed by atoms with E-state index in [1.807, 2.05) is 6.07 Å². The van der Waals surface area contributed by atoms with Gasteiger partial charge in [0.2, 0.25) is 0 Å². The van der Waals surface area contributed by atoms with Crippen molar-refractivity contribution in [2.75, 3.05) is 19.0 Å². The number of anilines is 2. The third kappa shape index (κ3) is 4.29. The minimum atomic E-state index is -0.357. The Hall–Kier alpha value is -3.20. The number of halogens is 2. The Morgan fingerprint density at radius 3 is 2.76 bits per heavy atom. The van der Waals surface area contributed by atoms with Gasteiger partial charge in [-0.05, 0) is 30.3 Å². The van der Waals surface area contributed by atoms with Crippen LogP contribution in [0.15, 0.2) is 59.5 Å². The highest BCUT2D eigenvalue weighted by molar-refractivity contribution is 9.10. The van der Waals surface area contributed by atoms with Crippen LogP contribution in [0.5, 0.6) is 11.5 Å². The van der Waals surface area contributed by atoms with Crippen molar-refractivity contribution in [1.82, 2.24) is 20.0 Å². The lowest BCUT2D eigenvalue weighted by molar-refractivity contribution is 0.273. The number of fused-ring (bicyclic) bond motifs is 1. The number of hydrogen-bond donors (Lipinski definition) is 1. The first-order valence-electron chi connectivity index (χ1n) is 8.80. The Balaban J connectivity index is 1.62. The van der Waals surface area contributed by atoms with E-state index in [1.54, 1.807) is 54.6 Å². The molecule has 2 heterocycles. The van der Waals surface area contributed by atoms with Gasteiger partial charge in [0.25, 0.3) is 0 Å². The molecule has 4 rings (SSSR count). The lowest BCUT2D eigenvalue weighted by Gasteiger charge is -2.14. The number of rotatable bonds is 7. The van der Waals surface area contributed by atoms with E-state index in [0.717, 1.165) is 5.39 Å². The first-order chi connectivity index (χ1) is 14.1. The summed E-state index contributed by atoms with van der Waals surface area (Å²) in [6, 6.07) is 10.3. The number of nitrogens with one attached hydrogen (secondary N) is 1. The summed E-state index contributed by atoms with van der Waals surface area (Å²) in [4.78, 5) is 4.41. The van der Waals surface area contributed by atoms with E-state index in [4.69, 9.17) is 9.47 Å². The number of pyridine rings is 1. The van der Waals surface area contributed by atoms with Crippen LogP contribution in [0.3, 0.4) is 0 Å². The van der Waals surface area contributed by atoms with Gasteiger partial charge in [0, 0.05) is 34.0 Å². The second kappa shape index (κ2) is 8.44. The Morgan fingerprint density at radius 2 is 2.00 bits per heavy atom. The highest BCUT2D eigenvalue weighted by Crippen LogP contribution is 2.36. The Labute approximate surface area is 174 Å². The maximum atomic E-state index is 14.2. The minimum Gasteiger partial charge on any atom is -0.493 e. The predicted octanol–water partition coefficient (Wildman–Crippen LogP) is 4.56. The van der Waals surface area contributed by atoms with Gasteiger partial charge in [0.15, 0.2) is 11.5 Å². The smallest absolute Gasteiger partial charge is 0.163 e. The molecule has 0 saturated heterocycles. The van der Waals surface area contributed by atoms with Crippen molar-refractivity contribution in [3.05, 3.63) is 65.3 Å². The van der Waals surface area contributed by atoms with Crippen LogP contribution in [0.4, 0.5) is 15.8 Å². The van der Waals surface area contributed by atoms with E-state index in [0.29, 0.717) is 46.0 Å². The fraction of sp³-hybridized carbons (Fsp3) is 0.150. The van der Waals surface area contributed by atoms with E-state index in [2.05, 4.69) is 36.5 Å². The van der Waals surface area contributed by atoms with Crippen LogP contribution < -0.4 is 14.8 Å². The van der Waals surface area contributed by atoms with Crippen LogP contribution in [-0.4, -0.2) is 33.7 Å². The molecule has 0 fully saturated rings. The fourth-order valence-electron chi connectivity index (χ4n) is 2.87. The van der Waals surface area contributed by atoms with E-state index in [1.165, 1.54) is 6.07 Å². The maximum Gasteiger partial charge on any atom is 0.163 e. The standard InChI is InChI=1S/C20H17BrFN5O2/c1-28-19-11-14-16(25-17-3-2-13(21)10-15(17)22)4-5-23-18(14)12-20(19)29-9-8-27-7-6-24-26-27/h2-7,10-12H,8-9H2,1H3,(H,23,25). The molecule has 1 N–H and O–H groups in total. The van der Waals surface area contributed by atoms with Crippen LogP contribution in [0.1, 0.15) is 0 Å². The van der Waals surface area contributed by atoms with Gasteiger partial charge in [-0.3, -0.25) is 4.98 Å². The van der Waals surface area contributed by atoms with Crippen LogP contribution in [0.2, 0.25) is 0 Å². The van der Waals surface area contributed by atoms with Crippen LogP contribution in [0.25, 0.3) is 10.9 Å². The number of hydrogen-bond acceptors (Lipinski definition) is 6. The van der Waals surface area contributed by atoms with Gasteiger partial charge >= 0.3 is 0 Å². The zero-order chi connectivity index (χ0) is 20.2. The second-order valence-electron chi connectivity index (χ2n) is 6.14. The van der Waals surface area contributed by atoms with Gasteiger partial charge in [-0.25, -0.2) is 9.07 Å². The fourth-order valence-corrected chi connectivity index (χ4v) is 3.21. The third-order valence-corrected chi connectivity index (χ3v) is 4.77. The van der Waals surface area contributed by atoms with Gasteiger partial charge in [-0.1, -0.05) is 21.1 Å². The summed E-state index contributed by atoms with van der Waals surface area (Å²) in [5.74, 6) is 0.771. The van der Waals surface area contributed by atoms with Crippen LogP contribution in [0, 0.1) is 5.82 Å². The van der Waals surface area contributed by atoms with Gasteiger partial charge in [0.1, 0.15) is 12.4 Å². The molecule has 0 amide bonds. The van der Waals surface area contributed by atoms with Crippen molar-refractivity contribution >= 4 is 38.2 Å². The minimum absolute atomic E-state index is 0.357. The lowest BCUT2D eigenvalue weighted by Crippen LogP contribution is -2.09. The quantitative estimate of drug-likeness (QED) is 0.438. The molecule has 9 heteroatoms. The lowest BCUT2D eigenvalue weighted by atomic mass is 10.1. The van der Waals surface area contributed by atoms with Crippen molar-refractivity contribution in [3.63, 3.8) is 0 Å². The Morgan fingerprint density at radius 1 is 1.10 bits per heavy atom. The Kier molecular flexibility index (Phi) is 5.57. The number of aromatic nitrogens is 4. The molecular weight excluding hydrogens is 441 g/mol. The predicted molar refractivity (Wildman–Crippen MR) is 111 cm³/mol. The van der Waals surface area contributed by atoms with E-state index >= 15 is 0 Å². The molecule has 0 radical (unpaired) electrons. The van der Waals surface area contributed by atoms with Crippen molar-refractivity contribution in [1.29, 1.82) is 0 Å². The third-order valence-electron chi connectivity index (χ3n) is 4.28. The summed E-state index contributed by atoms with van der Waals surface area (Å²) >= 11 is 3.26. The normalized spacial score (nSPS) is 10.9. The van der Waals surface area contributed by atoms with Crippen molar-refractivity contribution < 1.29 is 13.9 Å². The summed E-state index contributed by atoms with van der Waals surface area (Å²) in [7, 11) is 1.57. The molecule has 148 valence electrons. The van der Waals surface area contributed by atoms with Crippen molar-refractivity contribution in [2.45, 2.75) is 6.54 Å². The SMILES string of the molecule is COc1cc2c(Nc3ccc(Br)cc3F)ccnc2cc1OCCn1ccnn1. The molecule has 2 aromatic carbocycles. The Bertz CT molecular complexity index is 1140. The summed E-state index contributed by atoms with van der Waals surface area (Å²) in [5.41, 5.74) is 1.78. The largest absolute Gasteiger partial charge is 0.493 e. The highest BCUT2D eigenvalue weighted by Gasteiger charge is 2.12. The number of methoxy groups -OCH3 is 1. The second-order valence-corrected chi connectivity index (χ2v) is 7.06. The molecule has 0 saturated carbocycles. The molecule has 29 heavy (non-hydrogen) atoms. The van der Waals surface area contributed by atoms with Gasteiger partial charge < -0.3 is 14.8 Å². The zero-order valence-corrected chi connectivity index (χ0v) is 17.1. The first-order valence-corrected chi connectivity index (χ1v) is 9.59. The van der Waals surface area contributed by atoms with E-state index in [9.17, 15) is 4.39 Å². The molecule has 0 unspecified atom stereocenters. The van der Waals surface area contributed by atoms with Gasteiger partial charge in [-0.2, -0.15) is 0 Å². The first kappa shape index (κ1) is 19.1. The molecule has 7 nitrogen and oxygen atoms in total. The summed E-state index contributed by atoms with van der Waals surface area (Å²) in [6.45, 7) is 0.951. The molecular formula is C20H17BrFN5O2. The molecule has 0 aliphatic heterocycles. The van der Waals surface area contributed by atoms with E-state index < -0.39 is 0 Å². The molecule has 0 atom stereocenters. The zero-order valence-electron chi connectivity index (χ0n) is 15.5. The highest BCUT2D eigenvalue weighted by atomic mass is 79.9. The molecule has 2 aromatic heterocycles. The van der Waals surface area contributed by atoms with Crippen LogP contribution >= 0.6 is 15.9 Å². The topological polar surface area (TPSA) is 74.1 Å². The number of benzene rings is 2. The maximum absolute atomic E-state index is 14.2. The molecule has 4 aromatic rings. The van der Waals surface area contributed by atoms with Crippen LogP contribution in [-0.2, 0) is 6.54 Å². The summed E-state index contributed by atoms with van der Waals surface area (Å²) in [5, 5.41) is 11.6. The molecule has 0 spiro atoms. The molecule has 0 aliphatic carbocycles. The number of nitrogens with zero attached hydrogens (tertiary/aromatic N) is 4. The van der Waals surface area contributed by atoms with Gasteiger partial charge in [0.05, 0.1) is 31.1 Å². The van der Waals surface area contributed by atoms with Crippen molar-refractivity contribution in [2.24, 2.45) is 0 Å².